The average Bonchev–Trinajstić information content (AvgIpc) is 2.57. The molecule has 1 rings (SSSR count). The number of aliphatic hydroxyl groups is 1. The van der Waals surface area contributed by atoms with Crippen molar-refractivity contribution in [2.75, 3.05) is 39.6 Å². The van der Waals surface area contributed by atoms with Crippen LogP contribution in [0.15, 0.2) is 0 Å². The highest BCUT2D eigenvalue weighted by molar-refractivity contribution is 6.36. The largest absolute Gasteiger partial charge is 0.639 e. The van der Waals surface area contributed by atoms with Crippen LogP contribution in [-0.2, 0) is 18.7 Å². The van der Waals surface area contributed by atoms with Crippen LogP contribution in [0.3, 0.4) is 0 Å². The van der Waals surface area contributed by atoms with E-state index >= 15 is 0 Å². The Morgan fingerprint density at radius 1 is 1.17 bits per heavy atom. The van der Waals surface area contributed by atoms with Crippen LogP contribution in [0.1, 0.15) is 0 Å². The Hall–Kier alpha value is -0.135. The average molecular weight is 176 g/mol. The highest BCUT2D eigenvalue weighted by atomic mass is 16.8. The van der Waals surface area contributed by atoms with E-state index in [1.54, 1.807) is 0 Å². The van der Waals surface area contributed by atoms with Crippen LogP contribution in [0.2, 0.25) is 0 Å². The molecule has 0 aromatic rings. The standard InChI is InChI=1S/C6H13BO5/c8-1-2-9-3-4-10-7-11-5-6-12-7/h8H,1-6H2. The smallest absolute Gasteiger partial charge is 0.394 e. The van der Waals surface area contributed by atoms with Gasteiger partial charge in [0.05, 0.1) is 39.6 Å². The van der Waals surface area contributed by atoms with Crippen molar-refractivity contribution >= 4 is 7.32 Å². The minimum Gasteiger partial charge on any atom is -0.394 e. The van der Waals surface area contributed by atoms with E-state index in [2.05, 4.69) is 0 Å². The van der Waals surface area contributed by atoms with Gasteiger partial charge in [0.15, 0.2) is 0 Å². The molecule has 1 fully saturated rings. The van der Waals surface area contributed by atoms with Gasteiger partial charge in [0.25, 0.3) is 0 Å². The van der Waals surface area contributed by atoms with Gasteiger partial charge in [0.2, 0.25) is 0 Å². The zero-order chi connectivity index (χ0) is 8.65. The van der Waals surface area contributed by atoms with Gasteiger partial charge in [-0.25, -0.2) is 0 Å². The lowest BCUT2D eigenvalue weighted by molar-refractivity contribution is 0.0570. The van der Waals surface area contributed by atoms with Gasteiger partial charge in [-0.15, -0.1) is 0 Å². The SMILES string of the molecule is OCCOCCOB1OCCO1. The van der Waals surface area contributed by atoms with E-state index in [4.69, 9.17) is 23.8 Å². The maximum Gasteiger partial charge on any atom is 0.639 e. The topological polar surface area (TPSA) is 57.2 Å². The molecule has 1 heterocycles. The first kappa shape index (κ1) is 9.95. The summed E-state index contributed by atoms with van der Waals surface area (Å²) in [6.45, 7) is 2.42. The van der Waals surface area contributed by atoms with Crippen molar-refractivity contribution in [1.82, 2.24) is 0 Å². The summed E-state index contributed by atoms with van der Waals surface area (Å²) in [5, 5.41) is 8.36. The fraction of sp³-hybridized carbons (Fsp3) is 1.00. The lowest BCUT2D eigenvalue weighted by Crippen LogP contribution is -2.22. The second-order valence-electron chi connectivity index (χ2n) is 2.24. The van der Waals surface area contributed by atoms with Gasteiger partial charge in [-0.2, -0.15) is 0 Å². The monoisotopic (exact) mass is 176 g/mol. The lowest BCUT2D eigenvalue weighted by atomic mass is 10.2. The molecular weight excluding hydrogens is 163 g/mol. The molecule has 0 saturated carbocycles. The van der Waals surface area contributed by atoms with Gasteiger partial charge in [0.1, 0.15) is 0 Å². The minimum atomic E-state index is -0.525. The van der Waals surface area contributed by atoms with E-state index < -0.39 is 7.32 Å². The highest BCUT2D eigenvalue weighted by Crippen LogP contribution is 1.99. The van der Waals surface area contributed by atoms with Crippen molar-refractivity contribution in [3.05, 3.63) is 0 Å². The molecule has 5 nitrogen and oxygen atoms in total. The zero-order valence-corrected chi connectivity index (χ0v) is 6.90. The van der Waals surface area contributed by atoms with Gasteiger partial charge in [-0.3, -0.25) is 0 Å². The van der Waals surface area contributed by atoms with Gasteiger partial charge >= 0.3 is 7.32 Å². The predicted octanol–water partition coefficient (Wildman–Crippen LogP) is -0.956. The second kappa shape index (κ2) is 6.39. The Morgan fingerprint density at radius 2 is 1.92 bits per heavy atom. The molecule has 70 valence electrons. The van der Waals surface area contributed by atoms with E-state index in [9.17, 15) is 0 Å². The zero-order valence-electron chi connectivity index (χ0n) is 6.90. The molecule has 1 N–H and O–H groups in total. The van der Waals surface area contributed by atoms with Crippen LogP contribution in [0.25, 0.3) is 0 Å². The Labute approximate surface area is 71.7 Å². The third kappa shape index (κ3) is 4.03. The molecule has 1 aliphatic rings. The van der Waals surface area contributed by atoms with E-state index in [0.29, 0.717) is 33.0 Å². The van der Waals surface area contributed by atoms with E-state index in [1.807, 2.05) is 0 Å². The summed E-state index contributed by atoms with van der Waals surface area (Å²) in [5.41, 5.74) is 0. The summed E-state index contributed by atoms with van der Waals surface area (Å²) in [5.74, 6) is 0. The van der Waals surface area contributed by atoms with Gasteiger partial charge in [0, 0.05) is 0 Å². The molecule has 0 amide bonds. The van der Waals surface area contributed by atoms with Crippen LogP contribution in [0, 0.1) is 0 Å². The first-order valence-electron chi connectivity index (χ1n) is 3.97. The van der Waals surface area contributed by atoms with E-state index in [1.165, 1.54) is 0 Å². The molecule has 0 unspecified atom stereocenters. The summed E-state index contributed by atoms with van der Waals surface area (Å²) < 4.78 is 20.1. The van der Waals surface area contributed by atoms with Crippen LogP contribution in [0.4, 0.5) is 0 Å². The molecule has 12 heavy (non-hydrogen) atoms. The summed E-state index contributed by atoms with van der Waals surface area (Å²) >= 11 is 0. The van der Waals surface area contributed by atoms with Crippen molar-refractivity contribution in [1.29, 1.82) is 0 Å². The number of rotatable bonds is 6. The lowest BCUT2D eigenvalue weighted by Gasteiger charge is -2.05. The number of ether oxygens (including phenoxy) is 1. The van der Waals surface area contributed by atoms with Crippen molar-refractivity contribution in [3.8, 4) is 0 Å². The first-order chi connectivity index (χ1) is 5.93. The fourth-order valence-corrected chi connectivity index (χ4v) is 0.803. The quantitative estimate of drug-likeness (QED) is 0.417. The Bertz CT molecular complexity index is 106. The summed E-state index contributed by atoms with van der Waals surface area (Å²) in [4.78, 5) is 0. The molecule has 0 aliphatic carbocycles. The molecule has 0 aromatic heterocycles. The summed E-state index contributed by atoms with van der Waals surface area (Å²) in [7, 11) is -0.525. The maximum atomic E-state index is 8.36. The van der Waals surface area contributed by atoms with Gasteiger partial charge < -0.3 is 23.8 Å². The second-order valence-corrected chi connectivity index (χ2v) is 2.24. The highest BCUT2D eigenvalue weighted by Gasteiger charge is 2.25. The molecule has 0 bridgehead atoms. The van der Waals surface area contributed by atoms with Crippen LogP contribution in [-0.4, -0.2) is 52.1 Å². The molecule has 1 saturated heterocycles. The van der Waals surface area contributed by atoms with Gasteiger partial charge in [-0.1, -0.05) is 0 Å². The third-order valence-electron chi connectivity index (χ3n) is 1.31. The fourth-order valence-electron chi connectivity index (χ4n) is 0.803. The van der Waals surface area contributed by atoms with E-state index in [-0.39, 0.29) is 6.61 Å². The van der Waals surface area contributed by atoms with E-state index in [0.717, 1.165) is 0 Å². The van der Waals surface area contributed by atoms with Crippen molar-refractivity contribution in [2.45, 2.75) is 0 Å². The molecule has 0 radical (unpaired) electrons. The normalized spacial score (nSPS) is 17.2. The molecule has 1 aliphatic heterocycles. The number of hydrogen-bond acceptors (Lipinski definition) is 5. The predicted molar refractivity (Wildman–Crippen MR) is 41.5 cm³/mol. The Balaban J connectivity index is 1.81. The molecule has 6 heteroatoms. The van der Waals surface area contributed by atoms with Crippen molar-refractivity contribution in [3.63, 3.8) is 0 Å². The summed E-state index contributed by atoms with van der Waals surface area (Å²) in [6, 6.07) is 0. The maximum absolute atomic E-state index is 8.36. The summed E-state index contributed by atoms with van der Waals surface area (Å²) in [6.07, 6.45) is 0. The van der Waals surface area contributed by atoms with Crippen molar-refractivity contribution in [2.24, 2.45) is 0 Å². The Morgan fingerprint density at radius 3 is 2.58 bits per heavy atom. The van der Waals surface area contributed by atoms with Gasteiger partial charge in [-0.05, 0) is 0 Å². The van der Waals surface area contributed by atoms with Crippen LogP contribution < -0.4 is 0 Å². The Kier molecular flexibility index (Phi) is 5.30. The molecular formula is C6H13BO5. The first-order valence-corrected chi connectivity index (χ1v) is 3.97. The third-order valence-corrected chi connectivity index (χ3v) is 1.31. The van der Waals surface area contributed by atoms with Crippen LogP contribution >= 0.6 is 0 Å². The molecule has 0 spiro atoms. The van der Waals surface area contributed by atoms with Crippen LogP contribution in [0.5, 0.6) is 0 Å². The number of hydrogen-bond donors (Lipinski definition) is 1. The van der Waals surface area contributed by atoms with Crippen molar-refractivity contribution < 1.29 is 23.8 Å². The number of aliphatic hydroxyl groups excluding tert-OH is 1. The molecule has 0 aromatic carbocycles. The minimum absolute atomic E-state index is 0.0381. The molecule has 0 atom stereocenters.